The SMILES string of the molecule is Cc1ccccc1-c1cccc(N(c2ccccc2)c2ccc3oc4c5cccc(N(c6ccccc6)c6cccc(-c7ccccc7C)c6)c5ccc4c3c2)c1. The van der Waals surface area contributed by atoms with Gasteiger partial charge in [0, 0.05) is 50.0 Å². The zero-order chi connectivity index (χ0) is 38.3. The van der Waals surface area contributed by atoms with Gasteiger partial charge < -0.3 is 14.2 Å². The van der Waals surface area contributed by atoms with Gasteiger partial charge in [-0.1, -0.05) is 127 Å². The molecule has 0 unspecified atom stereocenters. The molecule has 0 aliphatic rings. The van der Waals surface area contributed by atoms with E-state index < -0.39 is 0 Å². The van der Waals surface area contributed by atoms with E-state index in [1.165, 1.54) is 33.4 Å². The first kappa shape index (κ1) is 34.2. The Bertz CT molecular complexity index is 3060. The van der Waals surface area contributed by atoms with E-state index in [9.17, 15) is 0 Å². The van der Waals surface area contributed by atoms with Gasteiger partial charge in [-0.15, -0.1) is 0 Å². The molecule has 3 nitrogen and oxygen atoms in total. The largest absolute Gasteiger partial charge is 0.455 e. The van der Waals surface area contributed by atoms with Crippen LogP contribution in [0.2, 0.25) is 0 Å². The van der Waals surface area contributed by atoms with Gasteiger partial charge >= 0.3 is 0 Å². The standard InChI is InChI=1S/C54H40N2O/c1-37-16-9-11-26-46(37)39-18-13-24-43(34-39)55(41-20-5-3-6-21-41)45-30-33-53-51(36-45)50-32-31-48-49(54(50)57-53)28-15-29-52(48)56(42-22-7-4-8-23-42)44-25-14-19-40(35-44)47-27-12-10-17-38(47)2/h3-36H,1-2H3. The highest BCUT2D eigenvalue weighted by atomic mass is 16.3. The van der Waals surface area contributed by atoms with Crippen LogP contribution in [0.15, 0.2) is 211 Å². The first-order valence-electron chi connectivity index (χ1n) is 19.5. The zero-order valence-electron chi connectivity index (χ0n) is 31.9. The van der Waals surface area contributed by atoms with Gasteiger partial charge in [0.2, 0.25) is 0 Å². The lowest BCUT2D eigenvalue weighted by Gasteiger charge is -2.27. The van der Waals surface area contributed by atoms with Gasteiger partial charge in [-0.2, -0.15) is 0 Å². The van der Waals surface area contributed by atoms with Gasteiger partial charge in [0.25, 0.3) is 0 Å². The third-order valence-corrected chi connectivity index (χ3v) is 11.1. The zero-order valence-corrected chi connectivity index (χ0v) is 31.9. The number of hydrogen-bond acceptors (Lipinski definition) is 3. The van der Waals surface area contributed by atoms with E-state index in [1.54, 1.807) is 0 Å². The molecule has 0 spiro atoms. The predicted octanol–water partition coefficient (Wildman–Crippen LogP) is 15.6. The van der Waals surface area contributed by atoms with E-state index in [0.717, 1.165) is 66.8 Å². The van der Waals surface area contributed by atoms with E-state index >= 15 is 0 Å². The number of para-hydroxylation sites is 2. The summed E-state index contributed by atoms with van der Waals surface area (Å²) in [6.45, 7) is 4.34. The lowest BCUT2D eigenvalue weighted by atomic mass is 9.99. The van der Waals surface area contributed by atoms with Crippen molar-refractivity contribution in [2.45, 2.75) is 13.8 Å². The second-order valence-corrected chi connectivity index (χ2v) is 14.7. The summed E-state index contributed by atoms with van der Waals surface area (Å²) in [4.78, 5) is 4.70. The fourth-order valence-corrected chi connectivity index (χ4v) is 8.34. The number of aryl methyl sites for hydroxylation is 2. The molecule has 0 radical (unpaired) electrons. The Kier molecular flexibility index (Phi) is 8.61. The van der Waals surface area contributed by atoms with Crippen LogP contribution in [0.3, 0.4) is 0 Å². The molecule has 0 aliphatic carbocycles. The highest BCUT2D eigenvalue weighted by Gasteiger charge is 2.20. The normalized spacial score (nSPS) is 11.3. The predicted molar refractivity (Wildman–Crippen MR) is 241 cm³/mol. The Balaban J connectivity index is 1.12. The molecule has 0 amide bonds. The summed E-state index contributed by atoms with van der Waals surface area (Å²) in [5, 5.41) is 4.36. The number of anilines is 6. The maximum Gasteiger partial charge on any atom is 0.143 e. The van der Waals surface area contributed by atoms with Crippen molar-refractivity contribution in [3.05, 3.63) is 217 Å². The molecule has 57 heavy (non-hydrogen) atoms. The van der Waals surface area contributed by atoms with Gasteiger partial charge in [0.1, 0.15) is 11.2 Å². The average molecular weight is 733 g/mol. The first-order valence-corrected chi connectivity index (χ1v) is 19.5. The van der Waals surface area contributed by atoms with Crippen molar-refractivity contribution in [1.29, 1.82) is 0 Å². The first-order chi connectivity index (χ1) is 28.1. The summed E-state index contributed by atoms with van der Waals surface area (Å²) >= 11 is 0. The van der Waals surface area contributed by atoms with Crippen LogP contribution in [0.5, 0.6) is 0 Å². The number of rotatable bonds is 8. The molecule has 0 N–H and O–H groups in total. The average Bonchev–Trinajstić information content (AvgIpc) is 3.64. The molecule has 3 heteroatoms. The number of benzene rings is 9. The second kappa shape index (κ2) is 14.4. The topological polar surface area (TPSA) is 19.6 Å². The molecule has 0 saturated heterocycles. The Morgan fingerprint density at radius 3 is 1.46 bits per heavy atom. The van der Waals surface area contributed by atoms with Crippen LogP contribution in [0.25, 0.3) is 55.0 Å². The van der Waals surface area contributed by atoms with Gasteiger partial charge in [-0.25, -0.2) is 0 Å². The third-order valence-electron chi connectivity index (χ3n) is 11.1. The Labute approximate surface area is 333 Å². The molecule has 0 fully saturated rings. The molecule has 1 heterocycles. The second-order valence-electron chi connectivity index (χ2n) is 14.7. The van der Waals surface area contributed by atoms with Crippen molar-refractivity contribution in [2.24, 2.45) is 0 Å². The van der Waals surface area contributed by atoms with Crippen molar-refractivity contribution < 1.29 is 4.42 Å². The number of nitrogens with zero attached hydrogens (tertiary/aromatic N) is 2. The minimum absolute atomic E-state index is 0.860. The summed E-state index contributed by atoms with van der Waals surface area (Å²) in [6.07, 6.45) is 0. The minimum Gasteiger partial charge on any atom is -0.455 e. The van der Waals surface area contributed by atoms with Gasteiger partial charge in [-0.3, -0.25) is 0 Å². The molecule has 0 atom stereocenters. The van der Waals surface area contributed by atoms with Crippen LogP contribution in [0.4, 0.5) is 34.1 Å². The van der Waals surface area contributed by atoms with Crippen LogP contribution in [0, 0.1) is 13.8 Å². The Morgan fingerprint density at radius 2 is 0.825 bits per heavy atom. The fourth-order valence-electron chi connectivity index (χ4n) is 8.34. The summed E-state index contributed by atoms with van der Waals surface area (Å²) < 4.78 is 6.80. The molecular weight excluding hydrogens is 693 g/mol. The smallest absolute Gasteiger partial charge is 0.143 e. The summed E-state index contributed by atoms with van der Waals surface area (Å²) in [6, 6.07) is 73.7. The lowest BCUT2D eigenvalue weighted by molar-refractivity contribution is 0.672. The van der Waals surface area contributed by atoms with Crippen molar-refractivity contribution in [1.82, 2.24) is 0 Å². The summed E-state index contributed by atoms with van der Waals surface area (Å²) in [5.41, 5.74) is 15.6. The Hall–Kier alpha value is -7.36. The monoisotopic (exact) mass is 732 g/mol. The van der Waals surface area contributed by atoms with Gasteiger partial charge in [-0.05, 0) is 126 Å². The third kappa shape index (κ3) is 6.20. The van der Waals surface area contributed by atoms with Gasteiger partial charge in [0.15, 0.2) is 0 Å². The van der Waals surface area contributed by atoms with E-state index in [-0.39, 0.29) is 0 Å². The van der Waals surface area contributed by atoms with Crippen molar-refractivity contribution in [3.63, 3.8) is 0 Å². The lowest BCUT2D eigenvalue weighted by Crippen LogP contribution is -2.10. The summed E-state index contributed by atoms with van der Waals surface area (Å²) in [7, 11) is 0. The minimum atomic E-state index is 0.860. The van der Waals surface area contributed by atoms with Crippen LogP contribution >= 0.6 is 0 Å². The van der Waals surface area contributed by atoms with E-state index in [2.05, 4.69) is 230 Å². The highest BCUT2D eigenvalue weighted by Crippen LogP contribution is 2.45. The van der Waals surface area contributed by atoms with Crippen LogP contribution < -0.4 is 9.80 Å². The number of furan rings is 1. The maximum absolute atomic E-state index is 6.80. The van der Waals surface area contributed by atoms with E-state index in [1.807, 2.05) is 0 Å². The molecule has 9 aromatic carbocycles. The quantitative estimate of drug-likeness (QED) is 0.155. The number of fused-ring (bicyclic) bond motifs is 5. The Morgan fingerprint density at radius 1 is 0.333 bits per heavy atom. The fraction of sp³-hybridized carbons (Fsp3) is 0.0370. The number of hydrogen-bond donors (Lipinski definition) is 0. The van der Waals surface area contributed by atoms with Gasteiger partial charge in [0.05, 0.1) is 5.69 Å². The molecule has 10 rings (SSSR count). The molecule has 0 saturated carbocycles. The van der Waals surface area contributed by atoms with Crippen LogP contribution in [-0.4, -0.2) is 0 Å². The van der Waals surface area contributed by atoms with Crippen molar-refractivity contribution in [2.75, 3.05) is 9.80 Å². The molecule has 1 aromatic heterocycles. The maximum atomic E-state index is 6.80. The summed E-state index contributed by atoms with van der Waals surface area (Å²) in [5.74, 6) is 0. The molecule has 0 aliphatic heterocycles. The molecule has 10 aromatic rings. The van der Waals surface area contributed by atoms with Crippen molar-refractivity contribution in [3.8, 4) is 22.3 Å². The molecule has 272 valence electrons. The van der Waals surface area contributed by atoms with Crippen LogP contribution in [-0.2, 0) is 0 Å². The highest BCUT2D eigenvalue weighted by molar-refractivity contribution is 6.18. The van der Waals surface area contributed by atoms with E-state index in [0.29, 0.717) is 0 Å². The molecular formula is C54H40N2O. The van der Waals surface area contributed by atoms with Crippen LogP contribution in [0.1, 0.15) is 11.1 Å². The van der Waals surface area contributed by atoms with E-state index in [4.69, 9.17) is 4.42 Å². The van der Waals surface area contributed by atoms with Crippen molar-refractivity contribution >= 4 is 66.8 Å². The molecule has 0 bridgehead atoms.